The Labute approximate surface area is 186 Å². The summed E-state index contributed by atoms with van der Waals surface area (Å²) >= 11 is 2.99. The van der Waals surface area contributed by atoms with E-state index in [0.29, 0.717) is 22.0 Å². The Morgan fingerprint density at radius 1 is 0.935 bits per heavy atom. The number of fused-ring (bicyclic) bond motifs is 1. The summed E-state index contributed by atoms with van der Waals surface area (Å²) in [6, 6.07) is 21.9. The maximum absolute atomic E-state index is 13.5. The molecule has 2 aromatic heterocycles. The van der Waals surface area contributed by atoms with E-state index in [1.165, 1.54) is 23.5 Å². The van der Waals surface area contributed by atoms with Crippen LogP contribution in [0.3, 0.4) is 0 Å². The van der Waals surface area contributed by atoms with Gasteiger partial charge < -0.3 is 5.32 Å². The summed E-state index contributed by atoms with van der Waals surface area (Å²) in [5.74, 6) is -0.469. The van der Waals surface area contributed by atoms with E-state index in [4.69, 9.17) is 4.98 Å². The van der Waals surface area contributed by atoms with Crippen molar-refractivity contribution < 1.29 is 9.18 Å². The van der Waals surface area contributed by atoms with Crippen LogP contribution in [0.2, 0.25) is 0 Å². The second-order valence-corrected chi connectivity index (χ2v) is 8.80. The van der Waals surface area contributed by atoms with Crippen LogP contribution in [0.15, 0.2) is 78.2 Å². The van der Waals surface area contributed by atoms with Gasteiger partial charge in [0.2, 0.25) is 5.91 Å². The lowest BCUT2D eigenvalue weighted by Gasteiger charge is -2.08. The zero-order chi connectivity index (χ0) is 21.2. The SMILES string of the molecule is O=C(Cc1csc(-c2cccc(F)c2)n1)Nc1ccccc1-c1nc2ccccc2s1. The van der Waals surface area contributed by atoms with Crippen molar-refractivity contribution in [2.45, 2.75) is 6.42 Å². The fourth-order valence-electron chi connectivity index (χ4n) is 3.27. The number of halogens is 1. The number of carbonyl (C=O) groups is 1. The van der Waals surface area contributed by atoms with Gasteiger partial charge in [0.15, 0.2) is 0 Å². The molecule has 7 heteroatoms. The van der Waals surface area contributed by atoms with E-state index in [1.54, 1.807) is 23.5 Å². The highest BCUT2D eigenvalue weighted by Crippen LogP contribution is 2.34. The number of anilines is 1. The molecule has 31 heavy (non-hydrogen) atoms. The number of hydrogen-bond acceptors (Lipinski definition) is 5. The third-order valence-corrected chi connectivity index (χ3v) is 6.70. The van der Waals surface area contributed by atoms with Crippen LogP contribution in [0.1, 0.15) is 5.69 Å². The average molecular weight is 446 g/mol. The molecule has 2 heterocycles. The third-order valence-electron chi connectivity index (χ3n) is 4.69. The topological polar surface area (TPSA) is 54.9 Å². The molecule has 1 amide bonds. The number of rotatable bonds is 5. The third kappa shape index (κ3) is 4.23. The Balaban J connectivity index is 1.35. The molecule has 152 valence electrons. The summed E-state index contributed by atoms with van der Waals surface area (Å²) in [5.41, 5.74) is 3.90. The van der Waals surface area contributed by atoms with Gasteiger partial charge in [-0.3, -0.25) is 4.79 Å². The van der Waals surface area contributed by atoms with Crippen molar-refractivity contribution in [2.24, 2.45) is 0 Å². The molecule has 0 aliphatic rings. The fraction of sp³-hybridized carbons (Fsp3) is 0.0417. The summed E-state index contributed by atoms with van der Waals surface area (Å²) in [4.78, 5) is 21.9. The number of aromatic nitrogens is 2. The normalized spacial score (nSPS) is 11.0. The zero-order valence-corrected chi connectivity index (χ0v) is 17.8. The van der Waals surface area contributed by atoms with Gasteiger partial charge in [-0.05, 0) is 36.4 Å². The molecule has 1 N–H and O–H groups in total. The van der Waals surface area contributed by atoms with E-state index < -0.39 is 0 Å². The van der Waals surface area contributed by atoms with Crippen molar-refractivity contribution in [3.05, 3.63) is 89.7 Å². The summed E-state index contributed by atoms with van der Waals surface area (Å²) in [5, 5.41) is 6.38. The first-order chi connectivity index (χ1) is 15.2. The molecule has 0 bridgehead atoms. The van der Waals surface area contributed by atoms with Crippen molar-refractivity contribution in [3.8, 4) is 21.1 Å². The van der Waals surface area contributed by atoms with Crippen LogP contribution in [0, 0.1) is 5.82 Å². The average Bonchev–Trinajstić information content (AvgIpc) is 3.41. The minimum Gasteiger partial charge on any atom is -0.325 e. The molecular formula is C24H16FN3OS2. The Morgan fingerprint density at radius 3 is 2.65 bits per heavy atom. The Hall–Kier alpha value is -3.42. The summed E-state index contributed by atoms with van der Waals surface area (Å²) in [6.07, 6.45) is 0.139. The molecule has 0 radical (unpaired) electrons. The minimum absolute atomic E-state index is 0.139. The Bertz CT molecular complexity index is 1360. The molecular weight excluding hydrogens is 429 g/mol. The Morgan fingerprint density at radius 2 is 1.77 bits per heavy atom. The van der Waals surface area contributed by atoms with Gasteiger partial charge in [0, 0.05) is 16.5 Å². The van der Waals surface area contributed by atoms with Gasteiger partial charge in [0.25, 0.3) is 0 Å². The van der Waals surface area contributed by atoms with Crippen molar-refractivity contribution >= 4 is 44.5 Å². The zero-order valence-electron chi connectivity index (χ0n) is 16.2. The van der Waals surface area contributed by atoms with E-state index in [-0.39, 0.29) is 18.1 Å². The van der Waals surface area contributed by atoms with E-state index >= 15 is 0 Å². The molecule has 0 fully saturated rings. The van der Waals surface area contributed by atoms with Crippen LogP contribution < -0.4 is 5.32 Å². The first kappa shape index (κ1) is 19.5. The molecule has 0 spiro atoms. The van der Waals surface area contributed by atoms with Gasteiger partial charge in [-0.15, -0.1) is 22.7 Å². The van der Waals surface area contributed by atoms with Gasteiger partial charge in [-0.1, -0.05) is 36.4 Å². The first-order valence-corrected chi connectivity index (χ1v) is 11.3. The molecule has 0 saturated carbocycles. The molecule has 0 aliphatic heterocycles. The second kappa shape index (κ2) is 8.37. The van der Waals surface area contributed by atoms with Crippen molar-refractivity contribution in [1.82, 2.24) is 9.97 Å². The highest BCUT2D eigenvalue weighted by atomic mass is 32.1. The van der Waals surface area contributed by atoms with E-state index in [0.717, 1.165) is 20.8 Å². The maximum Gasteiger partial charge on any atom is 0.230 e. The molecule has 3 aromatic carbocycles. The lowest BCUT2D eigenvalue weighted by atomic mass is 10.1. The number of benzene rings is 3. The van der Waals surface area contributed by atoms with E-state index in [9.17, 15) is 9.18 Å². The highest BCUT2D eigenvalue weighted by molar-refractivity contribution is 7.21. The quantitative estimate of drug-likeness (QED) is 0.340. The molecule has 4 nitrogen and oxygen atoms in total. The predicted octanol–water partition coefficient (Wildman–Crippen LogP) is 6.41. The number of nitrogens with zero attached hydrogens (tertiary/aromatic N) is 2. The number of amides is 1. The van der Waals surface area contributed by atoms with Crippen LogP contribution in [0.4, 0.5) is 10.1 Å². The summed E-state index contributed by atoms with van der Waals surface area (Å²) in [7, 11) is 0. The van der Waals surface area contributed by atoms with Crippen molar-refractivity contribution in [1.29, 1.82) is 0 Å². The number of nitrogens with one attached hydrogen (secondary N) is 1. The predicted molar refractivity (Wildman–Crippen MR) is 125 cm³/mol. The maximum atomic E-state index is 13.5. The highest BCUT2D eigenvalue weighted by Gasteiger charge is 2.14. The molecule has 5 rings (SSSR count). The second-order valence-electron chi connectivity index (χ2n) is 6.91. The van der Waals surface area contributed by atoms with Gasteiger partial charge in [0.1, 0.15) is 15.8 Å². The summed E-state index contributed by atoms with van der Waals surface area (Å²) < 4.78 is 14.6. The number of hydrogen-bond donors (Lipinski definition) is 1. The van der Waals surface area contributed by atoms with Crippen LogP contribution in [0.25, 0.3) is 31.4 Å². The van der Waals surface area contributed by atoms with Crippen LogP contribution in [0.5, 0.6) is 0 Å². The molecule has 5 aromatic rings. The molecule has 0 unspecified atom stereocenters. The number of thiazole rings is 2. The standard InChI is InChI=1S/C24H16FN3OS2/c25-16-7-5-6-15(12-16)23-26-17(14-30-23)13-22(29)27-19-9-2-1-8-18(19)24-28-20-10-3-4-11-21(20)31-24/h1-12,14H,13H2,(H,27,29). The fourth-order valence-corrected chi connectivity index (χ4v) is 5.09. The lowest BCUT2D eigenvalue weighted by molar-refractivity contribution is -0.115. The van der Waals surface area contributed by atoms with Gasteiger partial charge in [0.05, 0.1) is 28.0 Å². The first-order valence-electron chi connectivity index (χ1n) is 9.61. The molecule has 0 aliphatic carbocycles. The van der Waals surface area contributed by atoms with Crippen molar-refractivity contribution in [2.75, 3.05) is 5.32 Å². The lowest BCUT2D eigenvalue weighted by Crippen LogP contribution is -2.15. The summed E-state index contributed by atoms with van der Waals surface area (Å²) in [6.45, 7) is 0. The van der Waals surface area contributed by atoms with Crippen molar-refractivity contribution in [3.63, 3.8) is 0 Å². The molecule has 0 saturated heterocycles. The minimum atomic E-state index is -0.307. The number of para-hydroxylation sites is 2. The van der Waals surface area contributed by atoms with Gasteiger partial charge >= 0.3 is 0 Å². The number of carbonyl (C=O) groups excluding carboxylic acids is 1. The van der Waals surface area contributed by atoms with Crippen LogP contribution in [-0.4, -0.2) is 15.9 Å². The largest absolute Gasteiger partial charge is 0.325 e. The van der Waals surface area contributed by atoms with Gasteiger partial charge in [-0.25, -0.2) is 14.4 Å². The smallest absolute Gasteiger partial charge is 0.230 e. The van der Waals surface area contributed by atoms with Gasteiger partial charge in [-0.2, -0.15) is 0 Å². The Kier molecular flexibility index (Phi) is 5.28. The van der Waals surface area contributed by atoms with Crippen LogP contribution in [-0.2, 0) is 11.2 Å². The van der Waals surface area contributed by atoms with E-state index in [2.05, 4.69) is 10.3 Å². The van der Waals surface area contributed by atoms with Crippen LogP contribution >= 0.6 is 22.7 Å². The van der Waals surface area contributed by atoms with E-state index in [1.807, 2.05) is 53.9 Å². The monoisotopic (exact) mass is 445 g/mol. The molecule has 0 atom stereocenters.